The molecular weight excluding hydrogens is 318 g/mol. The van der Waals surface area contributed by atoms with Crippen molar-refractivity contribution in [2.75, 3.05) is 26.4 Å². The van der Waals surface area contributed by atoms with Crippen molar-refractivity contribution in [3.63, 3.8) is 0 Å². The van der Waals surface area contributed by atoms with Crippen LogP contribution >= 0.6 is 0 Å². The van der Waals surface area contributed by atoms with Crippen molar-refractivity contribution in [1.29, 1.82) is 0 Å². The summed E-state index contributed by atoms with van der Waals surface area (Å²) in [6, 6.07) is 1.50. The van der Waals surface area contributed by atoms with Crippen LogP contribution in [0, 0.1) is 0 Å². The molecule has 24 heavy (non-hydrogen) atoms. The topological polar surface area (TPSA) is 114 Å². The lowest BCUT2D eigenvalue weighted by Crippen LogP contribution is -2.43. The first-order chi connectivity index (χ1) is 11.5. The van der Waals surface area contributed by atoms with Gasteiger partial charge in [-0.25, -0.2) is 4.79 Å². The van der Waals surface area contributed by atoms with Gasteiger partial charge in [0.05, 0.1) is 26.4 Å². The fourth-order valence-electron chi connectivity index (χ4n) is 1.95. The highest BCUT2D eigenvalue weighted by Crippen LogP contribution is 2.39. The van der Waals surface area contributed by atoms with E-state index in [9.17, 15) is 9.59 Å². The quantitative estimate of drug-likeness (QED) is 0.583. The van der Waals surface area contributed by atoms with Crippen LogP contribution < -0.4 is 19.5 Å². The number of rotatable bonds is 10. The lowest BCUT2D eigenvalue weighted by Gasteiger charge is -2.18. The molecular formula is C16H23NO7. The Balaban J connectivity index is 3.22. The Morgan fingerprint density at radius 1 is 1.04 bits per heavy atom. The first kappa shape index (κ1) is 19.6. The highest BCUT2D eigenvalue weighted by Gasteiger charge is 2.22. The molecule has 0 aromatic heterocycles. The van der Waals surface area contributed by atoms with Crippen LogP contribution in [-0.2, 0) is 4.79 Å². The monoisotopic (exact) mass is 341 g/mol. The first-order valence-corrected chi connectivity index (χ1v) is 7.69. The zero-order chi connectivity index (χ0) is 18.1. The summed E-state index contributed by atoms with van der Waals surface area (Å²) in [5.41, 5.74) is 0.144. The Bertz CT molecular complexity index is 547. The van der Waals surface area contributed by atoms with Crippen LogP contribution in [0.25, 0.3) is 0 Å². The average Bonchev–Trinajstić information content (AvgIpc) is 2.55. The Hall–Kier alpha value is -2.48. The summed E-state index contributed by atoms with van der Waals surface area (Å²) in [6.07, 6.45) is 0. The lowest BCUT2D eigenvalue weighted by molar-refractivity contribution is -0.140. The lowest BCUT2D eigenvalue weighted by atomic mass is 10.1. The number of benzene rings is 1. The number of aliphatic carboxylic acids is 1. The molecule has 0 spiro atoms. The number of carbonyl (C=O) groups excluding carboxylic acids is 1. The van der Waals surface area contributed by atoms with Gasteiger partial charge >= 0.3 is 5.97 Å². The number of carboxylic acids is 1. The summed E-state index contributed by atoms with van der Waals surface area (Å²) in [6.45, 7) is 5.76. The van der Waals surface area contributed by atoms with Crippen LogP contribution in [0.5, 0.6) is 17.2 Å². The number of hydrogen-bond acceptors (Lipinski definition) is 6. The normalized spacial score (nSPS) is 11.5. The maximum absolute atomic E-state index is 12.3. The van der Waals surface area contributed by atoms with Crippen LogP contribution in [0.3, 0.4) is 0 Å². The van der Waals surface area contributed by atoms with Gasteiger partial charge in [0.1, 0.15) is 0 Å². The minimum atomic E-state index is -1.39. The van der Waals surface area contributed by atoms with E-state index in [1.807, 2.05) is 6.92 Å². The fourth-order valence-corrected chi connectivity index (χ4v) is 1.95. The van der Waals surface area contributed by atoms with Crippen molar-refractivity contribution in [3.8, 4) is 17.2 Å². The molecule has 0 aliphatic carbocycles. The SMILES string of the molecule is CCOc1cc(C(=O)NC(CO)C(=O)O)cc(OCC)c1OCC. The summed E-state index contributed by atoms with van der Waals surface area (Å²) in [5.74, 6) is -0.958. The van der Waals surface area contributed by atoms with Gasteiger partial charge in [0.25, 0.3) is 5.91 Å². The molecule has 3 N–H and O–H groups in total. The van der Waals surface area contributed by atoms with Gasteiger partial charge in [-0.1, -0.05) is 0 Å². The Morgan fingerprint density at radius 3 is 1.92 bits per heavy atom. The van der Waals surface area contributed by atoms with Crippen LogP contribution in [-0.4, -0.2) is 54.6 Å². The second kappa shape index (κ2) is 9.61. The fraction of sp³-hybridized carbons (Fsp3) is 0.500. The Morgan fingerprint density at radius 2 is 1.54 bits per heavy atom. The smallest absolute Gasteiger partial charge is 0.328 e. The highest BCUT2D eigenvalue weighted by atomic mass is 16.5. The average molecular weight is 341 g/mol. The van der Waals surface area contributed by atoms with Crippen molar-refractivity contribution in [2.24, 2.45) is 0 Å². The van der Waals surface area contributed by atoms with E-state index in [1.165, 1.54) is 12.1 Å². The number of hydrogen-bond donors (Lipinski definition) is 3. The standard InChI is InChI=1S/C16H23NO7/c1-4-22-12-7-10(15(19)17-11(9-18)16(20)21)8-13(23-5-2)14(12)24-6-3/h7-8,11,18H,4-6,9H2,1-3H3,(H,17,19)(H,20,21). The number of aliphatic hydroxyl groups is 1. The van der Waals surface area contributed by atoms with E-state index in [2.05, 4.69) is 5.32 Å². The first-order valence-electron chi connectivity index (χ1n) is 7.69. The van der Waals surface area contributed by atoms with Gasteiger partial charge in [0.15, 0.2) is 17.5 Å². The minimum Gasteiger partial charge on any atom is -0.490 e. The molecule has 1 aromatic carbocycles. The maximum Gasteiger partial charge on any atom is 0.328 e. The van der Waals surface area contributed by atoms with E-state index in [0.29, 0.717) is 37.1 Å². The molecule has 1 atom stereocenters. The van der Waals surface area contributed by atoms with E-state index >= 15 is 0 Å². The highest BCUT2D eigenvalue weighted by molar-refractivity contribution is 5.97. The number of carboxylic acid groups (broad SMARTS) is 1. The predicted octanol–water partition coefficient (Wildman–Crippen LogP) is 1.06. The molecule has 0 aliphatic heterocycles. The molecule has 134 valence electrons. The third-order valence-electron chi connectivity index (χ3n) is 2.96. The van der Waals surface area contributed by atoms with Crippen molar-refractivity contribution in [2.45, 2.75) is 26.8 Å². The van der Waals surface area contributed by atoms with Crippen molar-refractivity contribution in [3.05, 3.63) is 17.7 Å². The number of ether oxygens (including phenoxy) is 3. The zero-order valence-corrected chi connectivity index (χ0v) is 14.0. The van der Waals surface area contributed by atoms with Gasteiger partial charge in [0, 0.05) is 5.56 Å². The molecule has 8 nitrogen and oxygen atoms in total. The van der Waals surface area contributed by atoms with Crippen LogP contribution in [0.15, 0.2) is 12.1 Å². The largest absolute Gasteiger partial charge is 0.490 e. The third-order valence-corrected chi connectivity index (χ3v) is 2.96. The van der Waals surface area contributed by atoms with Gasteiger partial charge in [0.2, 0.25) is 5.75 Å². The van der Waals surface area contributed by atoms with Gasteiger partial charge in [-0.2, -0.15) is 0 Å². The number of nitrogens with one attached hydrogen (secondary N) is 1. The zero-order valence-electron chi connectivity index (χ0n) is 14.0. The Labute approximate surface area is 140 Å². The molecule has 0 heterocycles. The molecule has 0 saturated carbocycles. The van der Waals surface area contributed by atoms with Gasteiger partial charge < -0.3 is 29.7 Å². The van der Waals surface area contributed by atoms with E-state index in [0.717, 1.165) is 0 Å². The summed E-state index contributed by atoms with van der Waals surface area (Å²) < 4.78 is 16.5. The molecule has 0 bridgehead atoms. The molecule has 0 saturated heterocycles. The predicted molar refractivity (Wildman–Crippen MR) is 85.9 cm³/mol. The molecule has 1 aromatic rings. The molecule has 0 radical (unpaired) electrons. The third kappa shape index (κ3) is 5.02. The second-order valence-electron chi connectivity index (χ2n) is 4.65. The maximum atomic E-state index is 12.3. The minimum absolute atomic E-state index is 0.144. The van der Waals surface area contributed by atoms with Crippen LogP contribution in [0.1, 0.15) is 31.1 Å². The molecule has 0 aliphatic rings. The van der Waals surface area contributed by atoms with E-state index in [1.54, 1.807) is 13.8 Å². The molecule has 1 amide bonds. The summed E-state index contributed by atoms with van der Waals surface area (Å²) in [5, 5.41) is 20.2. The van der Waals surface area contributed by atoms with Crippen molar-refractivity contribution < 1.29 is 34.0 Å². The summed E-state index contributed by atoms with van der Waals surface area (Å²) in [7, 11) is 0. The second-order valence-corrected chi connectivity index (χ2v) is 4.65. The number of aliphatic hydroxyl groups excluding tert-OH is 1. The number of carbonyl (C=O) groups is 2. The van der Waals surface area contributed by atoms with Crippen molar-refractivity contribution in [1.82, 2.24) is 5.32 Å². The Kier molecular flexibility index (Phi) is 7.84. The summed E-state index contributed by atoms with van der Waals surface area (Å²) >= 11 is 0. The number of amides is 1. The van der Waals surface area contributed by atoms with E-state index in [4.69, 9.17) is 24.4 Å². The molecule has 0 fully saturated rings. The molecule has 1 rings (SSSR count). The van der Waals surface area contributed by atoms with E-state index < -0.39 is 24.5 Å². The van der Waals surface area contributed by atoms with Gasteiger partial charge in [-0.15, -0.1) is 0 Å². The van der Waals surface area contributed by atoms with Gasteiger partial charge in [-0.05, 0) is 32.9 Å². The van der Waals surface area contributed by atoms with Crippen molar-refractivity contribution >= 4 is 11.9 Å². The molecule has 1 unspecified atom stereocenters. The van der Waals surface area contributed by atoms with Gasteiger partial charge in [-0.3, -0.25) is 4.79 Å². The molecule has 8 heteroatoms. The summed E-state index contributed by atoms with van der Waals surface area (Å²) in [4.78, 5) is 23.2. The van der Waals surface area contributed by atoms with E-state index in [-0.39, 0.29) is 5.56 Å². The van der Waals surface area contributed by atoms with Crippen LogP contribution in [0.2, 0.25) is 0 Å². The van der Waals surface area contributed by atoms with Crippen LogP contribution in [0.4, 0.5) is 0 Å².